The topological polar surface area (TPSA) is 91.6 Å². The van der Waals surface area contributed by atoms with E-state index in [0.717, 1.165) is 11.5 Å². The van der Waals surface area contributed by atoms with Gasteiger partial charge in [-0.15, -0.1) is 0 Å². The summed E-state index contributed by atoms with van der Waals surface area (Å²) in [5, 5.41) is 9.85. The molecule has 0 unspecified atom stereocenters. The third kappa shape index (κ3) is 6.45. The number of benzene rings is 1. The lowest BCUT2D eigenvalue weighted by molar-refractivity contribution is 0.0954. The summed E-state index contributed by atoms with van der Waals surface area (Å²) in [4.78, 5) is 20.8. The Morgan fingerprint density at radius 1 is 1.15 bits per heavy atom. The maximum Gasteiger partial charge on any atom is 0.251 e. The smallest absolute Gasteiger partial charge is 0.251 e. The summed E-state index contributed by atoms with van der Waals surface area (Å²) >= 11 is 11.8. The number of oxazole rings is 1. The van der Waals surface area contributed by atoms with Crippen LogP contribution in [0, 0.1) is 13.8 Å². The lowest BCUT2D eigenvalue weighted by atomic mass is 10.2. The Morgan fingerprint density at radius 3 is 2.52 bits per heavy atom. The Kier molecular flexibility index (Phi) is 7.94. The molecular weight excluding hydrogens is 389 g/mol. The number of aryl methyl sites for hydroxylation is 2. The molecule has 0 saturated carbocycles. The van der Waals surface area contributed by atoms with Gasteiger partial charge in [-0.3, -0.25) is 4.79 Å². The second-order valence-corrected chi connectivity index (χ2v) is 6.57. The molecule has 0 fully saturated rings. The molecule has 0 aliphatic rings. The number of amides is 1. The van der Waals surface area contributed by atoms with E-state index in [1.807, 2.05) is 20.8 Å². The molecule has 1 aromatic carbocycles. The van der Waals surface area contributed by atoms with Crippen molar-refractivity contribution < 1.29 is 9.21 Å². The molecule has 0 saturated heterocycles. The maximum atomic E-state index is 12.1. The number of rotatable bonds is 7. The Labute approximate surface area is 168 Å². The minimum atomic E-state index is -0.219. The molecule has 1 amide bonds. The van der Waals surface area contributed by atoms with Crippen LogP contribution >= 0.6 is 23.2 Å². The Bertz CT molecular complexity index is 801. The van der Waals surface area contributed by atoms with Gasteiger partial charge in [0, 0.05) is 25.2 Å². The number of hydrogen-bond acceptors (Lipinski definition) is 4. The number of carbonyl (C=O) groups is 1. The van der Waals surface area contributed by atoms with Crippen LogP contribution in [0.2, 0.25) is 10.0 Å². The number of aromatic nitrogens is 1. The summed E-state index contributed by atoms with van der Waals surface area (Å²) in [6.07, 6.45) is 0. The van der Waals surface area contributed by atoms with E-state index in [1.165, 1.54) is 0 Å². The van der Waals surface area contributed by atoms with E-state index in [1.54, 1.807) is 18.2 Å². The van der Waals surface area contributed by atoms with Gasteiger partial charge in [0.1, 0.15) is 12.3 Å². The number of guanidine groups is 1. The van der Waals surface area contributed by atoms with Gasteiger partial charge < -0.3 is 20.4 Å². The predicted molar refractivity (Wildman–Crippen MR) is 108 cm³/mol. The third-order valence-corrected chi connectivity index (χ3v) is 4.41. The summed E-state index contributed by atoms with van der Waals surface area (Å²) < 4.78 is 5.52. The monoisotopic (exact) mass is 411 g/mol. The van der Waals surface area contributed by atoms with Crippen molar-refractivity contribution in [2.24, 2.45) is 4.99 Å². The minimum Gasteiger partial charge on any atom is -0.444 e. The van der Waals surface area contributed by atoms with Crippen molar-refractivity contribution in [1.29, 1.82) is 0 Å². The van der Waals surface area contributed by atoms with Crippen LogP contribution in [-0.4, -0.2) is 36.5 Å². The van der Waals surface area contributed by atoms with Gasteiger partial charge in [0.05, 0.1) is 15.7 Å². The molecule has 0 bridgehead atoms. The van der Waals surface area contributed by atoms with Crippen molar-refractivity contribution in [2.75, 3.05) is 19.6 Å². The molecule has 3 N–H and O–H groups in total. The molecular formula is C18H23Cl2N5O2. The third-order valence-electron chi connectivity index (χ3n) is 3.67. The normalized spacial score (nSPS) is 11.4. The average molecular weight is 412 g/mol. The van der Waals surface area contributed by atoms with Gasteiger partial charge in [-0.05, 0) is 39.0 Å². The average Bonchev–Trinajstić information content (AvgIpc) is 2.96. The summed E-state index contributed by atoms with van der Waals surface area (Å²) in [5.41, 5.74) is 1.32. The highest BCUT2D eigenvalue weighted by molar-refractivity contribution is 6.42. The Hall–Kier alpha value is -2.25. The summed E-state index contributed by atoms with van der Waals surface area (Å²) in [5.74, 6) is 1.76. The largest absolute Gasteiger partial charge is 0.444 e. The highest BCUT2D eigenvalue weighted by atomic mass is 35.5. The fraction of sp³-hybridized carbons (Fsp3) is 0.389. The van der Waals surface area contributed by atoms with E-state index < -0.39 is 0 Å². The summed E-state index contributed by atoms with van der Waals surface area (Å²) in [6.45, 7) is 7.71. The number of nitrogens with zero attached hydrogens (tertiary/aromatic N) is 2. The van der Waals surface area contributed by atoms with Crippen molar-refractivity contribution in [2.45, 2.75) is 27.3 Å². The van der Waals surface area contributed by atoms with Gasteiger partial charge in [0.25, 0.3) is 5.91 Å². The number of aliphatic imine (C=N–C) groups is 1. The molecule has 27 heavy (non-hydrogen) atoms. The number of carbonyl (C=O) groups excluding carboxylic acids is 1. The van der Waals surface area contributed by atoms with Crippen LogP contribution in [0.3, 0.4) is 0 Å². The van der Waals surface area contributed by atoms with E-state index in [-0.39, 0.29) is 5.91 Å². The highest BCUT2D eigenvalue weighted by Gasteiger charge is 2.08. The van der Waals surface area contributed by atoms with Crippen molar-refractivity contribution in [3.05, 3.63) is 51.2 Å². The molecule has 7 nitrogen and oxygen atoms in total. The van der Waals surface area contributed by atoms with Crippen LogP contribution in [0.5, 0.6) is 0 Å². The first kappa shape index (κ1) is 21.1. The lowest BCUT2D eigenvalue weighted by Crippen LogP contribution is -2.41. The van der Waals surface area contributed by atoms with E-state index in [2.05, 4.69) is 25.9 Å². The standard InChI is InChI=1S/C18H23Cl2N5O2/c1-4-21-18(24-10-16-25-11(2)12(3)27-16)23-8-7-22-17(26)13-5-6-14(19)15(20)9-13/h5-6,9H,4,7-8,10H2,1-3H3,(H,22,26)(H2,21,23,24). The number of nitrogens with one attached hydrogen (secondary N) is 3. The van der Waals surface area contributed by atoms with Gasteiger partial charge in [0.2, 0.25) is 5.89 Å². The van der Waals surface area contributed by atoms with Crippen LogP contribution in [0.25, 0.3) is 0 Å². The molecule has 2 rings (SSSR count). The maximum absolute atomic E-state index is 12.1. The quantitative estimate of drug-likeness (QED) is 0.369. The lowest BCUT2D eigenvalue weighted by Gasteiger charge is -2.11. The predicted octanol–water partition coefficient (Wildman–Crippen LogP) is 3.08. The fourth-order valence-electron chi connectivity index (χ4n) is 2.19. The molecule has 146 valence electrons. The fourth-order valence-corrected chi connectivity index (χ4v) is 2.49. The summed E-state index contributed by atoms with van der Waals surface area (Å²) in [6, 6.07) is 4.76. The van der Waals surface area contributed by atoms with Crippen molar-refractivity contribution >= 4 is 35.1 Å². The molecule has 0 aliphatic heterocycles. The van der Waals surface area contributed by atoms with Crippen LogP contribution in [0.15, 0.2) is 27.6 Å². The van der Waals surface area contributed by atoms with Gasteiger partial charge in [-0.25, -0.2) is 9.98 Å². The number of hydrogen-bond donors (Lipinski definition) is 3. The van der Waals surface area contributed by atoms with Crippen molar-refractivity contribution in [3.8, 4) is 0 Å². The van der Waals surface area contributed by atoms with E-state index >= 15 is 0 Å². The first-order valence-corrected chi connectivity index (χ1v) is 9.34. The second kappa shape index (κ2) is 10.2. The molecule has 0 spiro atoms. The van der Waals surface area contributed by atoms with Gasteiger partial charge in [-0.2, -0.15) is 0 Å². The van der Waals surface area contributed by atoms with Gasteiger partial charge in [-0.1, -0.05) is 23.2 Å². The first-order chi connectivity index (χ1) is 12.9. The van der Waals surface area contributed by atoms with Crippen LogP contribution in [-0.2, 0) is 6.54 Å². The van der Waals surface area contributed by atoms with Crippen LogP contribution in [0.4, 0.5) is 0 Å². The molecule has 0 radical (unpaired) electrons. The van der Waals surface area contributed by atoms with E-state index in [9.17, 15) is 4.79 Å². The SMILES string of the molecule is CCNC(=NCc1nc(C)c(C)o1)NCCNC(=O)c1ccc(Cl)c(Cl)c1. The molecule has 1 heterocycles. The highest BCUT2D eigenvalue weighted by Crippen LogP contribution is 2.22. The van der Waals surface area contributed by atoms with E-state index in [0.29, 0.717) is 53.6 Å². The molecule has 1 aromatic heterocycles. The second-order valence-electron chi connectivity index (χ2n) is 5.76. The zero-order valence-electron chi connectivity index (χ0n) is 15.5. The zero-order valence-corrected chi connectivity index (χ0v) is 17.0. The zero-order chi connectivity index (χ0) is 19.8. The van der Waals surface area contributed by atoms with Gasteiger partial charge in [0.15, 0.2) is 5.96 Å². The first-order valence-electron chi connectivity index (χ1n) is 8.59. The van der Waals surface area contributed by atoms with Crippen molar-refractivity contribution in [3.63, 3.8) is 0 Å². The molecule has 2 aromatic rings. The minimum absolute atomic E-state index is 0.219. The molecule has 0 aliphatic carbocycles. The van der Waals surface area contributed by atoms with Gasteiger partial charge >= 0.3 is 0 Å². The van der Waals surface area contributed by atoms with Crippen LogP contribution < -0.4 is 16.0 Å². The van der Waals surface area contributed by atoms with Crippen LogP contribution in [0.1, 0.15) is 34.6 Å². The molecule has 9 heteroatoms. The van der Waals surface area contributed by atoms with Crippen molar-refractivity contribution in [1.82, 2.24) is 20.9 Å². The summed E-state index contributed by atoms with van der Waals surface area (Å²) in [7, 11) is 0. The Morgan fingerprint density at radius 2 is 1.89 bits per heavy atom. The Balaban J connectivity index is 1.82. The number of halogens is 2. The van der Waals surface area contributed by atoms with E-state index in [4.69, 9.17) is 27.6 Å². The molecule has 0 atom stereocenters.